The van der Waals surface area contributed by atoms with Gasteiger partial charge in [0, 0.05) is 15.5 Å². The molecule has 0 aromatic heterocycles. The molecule has 2 aromatic rings. The lowest BCUT2D eigenvalue weighted by molar-refractivity contribution is 0.911. The molecule has 1 aliphatic rings. The summed E-state index contributed by atoms with van der Waals surface area (Å²) in [6.45, 7) is 0. The van der Waals surface area contributed by atoms with Crippen molar-refractivity contribution in [3.63, 3.8) is 0 Å². The van der Waals surface area contributed by atoms with Crippen molar-refractivity contribution in [1.29, 1.82) is 0 Å². The van der Waals surface area contributed by atoms with Gasteiger partial charge in [-0.2, -0.15) is 0 Å². The average molecular weight is 310 g/mol. The van der Waals surface area contributed by atoms with Gasteiger partial charge < -0.3 is 5.73 Å². The summed E-state index contributed by atoms with van der Waals surface area (Å²) in [6.07, 6.45) is 3.65. The number of aryl methyl sites for hydroxylation is 2. The topological polar surface area (TPSA) is 26.0 Å². The van der Waals surface area contributed by atoms with Crippen LogP contribution in [0, 0.1) is 0 Å². The summed E-state index contributed by atoms with van der Waals surface area (Å²) in [4.78, 5) is 2.15. The summed E-state index contributed by atoms with van der Waals surface area (Å²) in [5, 5.41) is 1.04. The molecule has 1 nitrogen and oxygen atoms in total. The molecule has 98 valence electrons. The van der Waals surface area contributed by atoms with Crippen LogP contribution in [0.5, 0.6) is 0 Å². The highest BCUT2D eigenvalue weighted by molar-refractivity contribution is 7.99. The molecule has 0 spiro atoms. The molecule has 1 aliphatic carbocycles. The maximum absolute atomic E-state index is 6.04. The lowest BCUT2D eigenvalue weighted by atomic mass is 10.1. The van der Waals surface area contributed by atoms with Gasteiger partial charge in [0.15, 0.2) is 0 Å². The number of anilines is 1. The van der Waals surface area contributed by atoms with E-state index >= 15 is 0 Å². The zero-order valence-corrected chi connectivity index (χ0v) is 12.6. The second-order valence-corrected chi connectivity index (χ2v) is 6.62. The van der Waals surface area contributed by atoms with Crippen LogP contribution in [0.4, 0.5) is 5.69 Å². The van der Waals surface area contributed by atoms with Gasteiger partial charge in [0.05, 0.1) is 10.0 Å². The number of hydrogen-bond acceptors (Lipinski definition) is 2. The standard InChI is InChI=1S/C15H13Cl2NS/c16-12-7-14(18)15(8-13(12)17)19-11-5-4-9-2-1-3-10(9)6-11/h4-8H,1-3,18H2. The Morgan fingerprint density at radius 3 is 2.53 bits per heavy atom. The fourth-order valence-electron chi connectivity index (χ4n) is 2.37. The Bertz CT molecular complexity index is 640. The largest absolute Gasteiger partial charge is 0.398 e. The van der Waals surface area contributed by atoms with Crippen LogP contribution in [0.3, 0.4) is 0 Å². The summed E-state index contributed by atoms with van der Waals surface area (Å²) in [5.41, 5.74) is 9.59. The van der Waals surface area contributed by atoms with Crippen molar-refractivity contribution in [2.75, 3.05) is 5.73 Å². The minimum Gasteiger partial charge on any atom is -0.398 e. The fourth-order valence-corrected chi connectivity index (χ4v) is 3.72. The van der Waals surface area contributed by atoms with E-state index in [1.807, 2.05) is 6.07 Å². The Labute approximate surface area is 127 Å². The van der Waals surface area contributed by atoms with E-state index in [0.29, 0.717) is 15.7 Å². The van der Waals surface area contributed by atoms with Gasteiger partial charge in [-0.15, -0.1) is 0 Å². The summed E-state index contributed by atoms with van der Waals surface area (Å²) in [5.74, 6) is 0. The van der Waals surface area contributed by atoms with Gasteiger partial charge in [-0.05, 0) is 54.7 Å². The number of rotatable bonds is 2. The van der Waals surface area contributed by atoms with Crippen molar-refractivity contribution >= 4 is 40.7 Å². The molecule has 0 saturated heterocycles. The molecular weight excluding hydrogens is 297 g/mol. The predicted molar refractivity (Wildman–Crippen MR) is 83.5 cm³/mol. The third-order valence-corrected chi connectivity index (χ3v) is 5.14. The highest BCUT2D eigenvalue weighted by Crippen LogP contribution is 2.38. The summed E-state index contributed by atoms with van der Waals surface area (Å²) in [6, 6.07) is 10.2. The highest BCUT2D eigenvalue weighted by Gasteiger charge is 2.12. The molecular formula is C15H13Cl2NS. The Kier molecular flexibility index (Phi) is 3.66. The molecule has 0 fully saturated rings. The van der Waals surface area contributed by atoms with Gasteiger partial charge in [0.2, 0.25) is 0 Å². The SMILES string of the molecule is Nc1cc(Cl)c(Cl)cc1Sc1ccc2c(c1)CCC2. The first-order valence-electron chi connectivity index (χ1n) is 6.17. The molecule has 0 amide bonds. The minimum atomic E-state index is 0.498. The van der Waals surface area contributed by atoms with E-state index in [-0.39, 0.29) is 0 Å². The molecule has 19 heavy (non-hydrogen) atoms. The Morgan fingerprint density at radius 1 is 0.947 bits per heavy atom. The van der Waals surface area contributed by atoms with E-state index in [1.54, 1.807) is 17.8 Å². The van der Waals surface area contributed by atoms with Gasteiger partial charge in [-0.3, -0.25) is 0 Å². The van der Waals surface area contributed by atoms with E-state index in [1.165, 1.54) is 35.3 Å². The van der Waals surface area contributed by atoms with Gasteiger partial charge >= 0.3 is 0 Å². The molecule has 3 rings (SSSR count). The van der Waals surface area contributed by atoms with E-state index in [4.69, 9.17) is 28.9 Å². The second kappa shape index (κ2) is 5.28. The molecule has 0 unspecified atom stereocenters. The predicted octanol–water partition coefficient (Wildman–Crippen LogP) is 5.22. The van der Waals surface area contributed by atoms with E-state index < -0.39 is 0 Å². The maximum Gasteiger partial charge on any atom is 0.0613 e. The minimum absolute atomic E-state index is 0.498. The lowest BCUT2D eigenvalue weighted by Crippen LogP contribution is -1.89. The number of halogens is 2. The number of fused-ring (bicyclic) bond motifs is 1. The number of hydrogen-bond donors (Lipinski definition) is 1. The van der Waals surface area contributed by atoms with Crippen LogP contribution < -0.4 is 5.73 Å². The van der Waals surface area contributed by atoms with Crippen LogP contribution in [-0.4, -0.2) is 0 Å². The van der Waals surface area contributed by atoms with Gasteiger partial charge in [-0.1, -0.05) is 41.0 Å². The Morgan fingerprint density at radius 2 is 1.68 bits per heavy atom. The van der Waals surface area contributed by atoms with Crippen molar-refractivity contribution < 1.29 is 0 Å². The van der Waals surface area contributed by atoms with E-state index in [2.05, 4.69) is 18.2 Å². The number of nitrogens with two attached hydrogens (primary N) is 1. The lowest BCUT2D eigenvalue weighted by Gasteiger charge is -2.09. The van der Waals surface area contributed by atoms with Crippen LogP contribution >= 0.6 is 35.0 Å². The van der Waals surface area contributed by atoms with E-state index in [0.717, 1.165) is 4.90 Å². The summed E-state index contributed by atoms with van der Waals surface area (Å²) in [7, 11) is 0. The number of benzene rings is 2. The third-order valence-electron chi connectivity index (χ3n) is 3.35. The zero-order chi connectivity index (χ0) is 13.4. The first-order valence-corrected chi connectivity index (χ1v) is 7.75. The molecule has 0 radical (unpaired) electrons. The highest BCUT2D eigenvalue weighted by atomic mass is 35.5. The van der Waals surface area contributed by atoms with Crippen molar-refractivity contribution in [3.8, 4) is 0 Å². The maximum atomic E-state index is 6.04. The molecule has 0 bridgehead atoms. The van der Waals surface area contributed by atoms with Crippen molar-refractivity contribution in [3.05, 3.63) is 51.5 Å². The second-order valence-electron chi connectivity index (χ2n) is 4.69. The van der Waals surface area contributed by atoms with Crippen LogP contribution in [-0.2, 0) is 12.8 Å². The Balaban J connectivity index is 1.91. The molecule has 0 aliphatic heterocycles. The van der Waals surface area contributed by atoms with Crippen LogP contribution in [0.2, 0.25) is 10.0 Å². The van der Waals surface area contributed by atoms with Gasteiger partial charge in [0.1, 0.15) is 0 Å². The number of nitrogen functional groups attached to an aromatic ring is 1. The summed E-state index contributed by atoms with van der Waals surface area (Å²) < 4.78 is 0. The van der Waals surface area contributed by atoms with Crippen LogP contribution in [0.1, 0.15) is 17.5 Å². The third kappa shape index (κ3) is 2.71. The molecule has 2 aromatic carbocycles. The van der Waals surface area contributed by atoms with E-state index in [9.17, 15) is 0 Å². The van der Waals surface area contributed by atoms with Crippen molar-refractivity contribution in [1.82, 2.24) is 0 Å². The molecule has 0 saturated carbocycles. The smallest absolute Gasteiger partial charge is 0.0613 e. The molecule has 0 atom stereocenters. The van der Waals surface area contributed by atoms with Gasteiger partial charge in [0.25, 0.3) is 0 Å². The molecule has 0 heterocycles. The van der Waals surface area contributed by atoms with Crippen LogP contribution in [0.15, 0.2) is 40.1 Å². The van der Waals surface area contributed by atoms with Crippen LogP contribution in [0.25, 0.3) is 0 Å². The average Bonchev–Trinajstić information content (AvgIpc) is 2.83. The monoisotopic (exact) mass is 309 g/mol. The zero-order valence-electron chi connectivity index (χ0n) is 10.2. The first-order chi connectivity index (χ1) is 9.13. The Hall–Kier alpha value is -0.830. The quantitative estimate of drug-likeness (QED) is 0.770. The van der Waals surface area contributed by atoms with Crippen molar-refractivity contribution in [2.24, 2.45) is 0 Å². The summed E-state index contributed by atoms with van der Waals surface area (Å²) >= 11 is 13.6. The normalized spacial score (nSPS) is 13.6. The molecule has 4 heteroatoms. The fraction of sp³-hybridized carbons (Fsp3) is 0.200. The molecule has 2 N–H and O–H groups in total. The first kappa shape index (κ1) is 13.2. The van der Waals surface area contributed by atoms with Crippen molar-refractivity contribution in [2.45, 2.75) is 29.1 Å². The van der Waals surface area contributed by atoms with Gasteiger partial charge in [-0.25, -0.2) is 0 Å².